The normalized spacial score (nSPS) is 14.1. The summed E-state index contributed by atoms with van der Waals surface area (Å²) in [4.78, 5) is 40.5. The summed E-state index contributed by atoms with van der Waals surface area (Å²) < 4.78 is 0. The number of hydrogen-bond acceptors (Lipinski definition) is 8. The summed E-state index contributed by atoms with van der Waals surface area (Å²) in [6.45, 7) is 0. The molecule has 14 heavy (non-hydrogen) atoms. The number of carboxylic acids is 3. The van der Waals surface area contributed by atoms with Gasteiger partial charge < -0.3 is 34.8 Å². The Morgan fingerprint density at radius 3 is 1.57 bits per heavy atom. The van der Waals surface area contributed by atoms with Crippen molar-refractivity contribution in [1.82, 2.24) is 0 Å². The molecule has 0 amide bonds. The van der Waals surface area contributed by atoms with Crippen molar-refractivity contribution >= 4 is 23.7 Å². The van der Waals surface area contributed by atoms with Gasteiger partial charge in [-0.15, -0.1) is 0 Å². The largest absolute Gasteiger partial charge is 0.549 e. The van der Waals surface area contributed by atoms with E-state index in [9.17, 15) is 34.5 Å². The Hall–Kier alpha value is -1.96. The fraction of sp³-hybridized carbons (Fsp3) is 0.333. The molecule has 1 N–H and O–H groups in total. The van der Waals surface area contributed by atoms with E-state index in [2.05, 4.69) is 0 Å². The molecule has 0 saturated heterocycles. The number of Topliss-reactive ketones (excluding diaryl/α,β-unsaturated/α-hetero) is 1. The van der Waals surface area contributed by atoms with E-state index in [1.54, 1.807) is 0 Å². The molecule has 8 heteroatoms. The van der Waals surface area contributed by atoms with Crippen LogP contribution in [0.25, 0.3) is 0 Å². The maximum absolute atomic E-state index is 10.5. The SMILES string of the molecule is O=C([O-])C(=O)[C@H](C(=O)[O-])[C@@H](O)C(=O)[O-]. The maximum atomic E-state index is 10.5. The van der Waals surface area contributed by atoms with Gasteiger partial charge in [-0.2, -0.15) is 0 Å². The number of aliphatic hydroxyl groups is 1. The highest BCUT2D eigenvalue weighted by Crippen LogP contribution is 2.03. The molecule has 2 atom stereocenters. The average molecular weight is 203 g/mol. The van der Waals surface area contributed by atoms with Crippen LogP contribution in [-0.2, 0) is 19.2 Å². The highest BCUT2D eigenvalue weighted by Gasteiger charge is 2.29. The Kier molecular flexibility index (Phi) is 3.72. The number of aliphatic carboxylic acids is 3. The second-order valence-corrected chi connectivity index (χ2v) is 2.21. The quantitative estimate of drug-likeness (QED) is 0.341. The highest BCUT2D eigenvalue weighted by atomic mass is 16.4. The first-order valence-corrected chi connectivity index (χ1v) is 3.14. The van der Waals surface area contributed by atoms with Gasteiger partial charge in [-0.1, -0.05) is 0 Å². The topological polar surface area (TPSA) is 158 Å². The van der Waals surface area contributed by atoms with Crippen molar-refractivity contribution in [2.45, 2.75) is 6.10 Å². The van der Waals surface area contributed by atoms with Gasteiger partial charge in [0, 0.05) is 0 Å². The Bertz CT molecular complexity index is 292. The fourth-order valence-corrected chi connectivity index (χ4v) is 0.642. The number of rotatable bonds is 5. The van der Waals surface area contributed by atoms with Crippen LogP contribution in [0.15, 0.2) is 0 Å². The van der Waals surface area contributed by atoms with E-state index in [-0.39, 0.29) is 0 Å². The van der Waals surface area contributed by atoms with Gasteiger partial charge >= 0.3 is 0 Å². The van der Waals surface area contributed by atoms with Crippen LogP contribution in [0.4, 0.5) is 0 Å². The molecule has 8 nitrogen and oxygen atoms in total. The first-order chi connectivity index (χ1) is 6.29. The van der Waals surface area contributed by atoms with Crippen molar-refractivity contribution in [3.05, 3.63) is 0 Å². The lowest BCUT2D eigenvalue weighted by Gasteiger charge is -2.23. The molecular weight excluding hydrogens is 200 g/mol. The molecule has 0 saturated carbocycles. The molecule has 0 spiro atoms. The van der Waals surface area contributed by atoms with Crippen LogP contribution in [0.1, 0.15) is 0 Å². The van der Waals surface area contributed by atoms with Gasteiger partial charge in [-0.3, -0.25) is 4.79 Å². The van der Waals surface area contributed by atoms with Gasteiger partial charge in [-0.25, -0.2) is 0 Å². The van der Waals surface area contributed by atoms with Crippen molar-refractivity contribution in [3.8, 4) is 0 Å². The molecule has 0 radical (unpaired) electrons. The van der Waals surface area contributed by atoms with Gasteiger partial charge in [0.1, 0.15) is 12.1 Å². The molecule has 0 unspecified atom stereocenters. The standard InChI is InChI=1S/C6H6O8/c7-2(5(11)12)1(4(9)10)3(8)6(13)14/h1-2,7H,(H,9,10)(H,11,12)(H,13,14)/p-3/t1-,2-/m1/s1. The third-order valence-electron chi connectivity index (χ3n) is 1.29. The Balaban J connectivity index is 4.96. The Labute approximate surface area is 76.4 Å². The second kappa shape index (κ2) is 4.33. The highest BCUT2D eigenvalue weighted by molar-refractivity contribution is 6.36. The van der Waals surface area contributed by atoms with Crippen LogP contribution < -0.4 is 15.3 Å². The lowest BCUT2D eigenvalue weighted by atomic mass is 9.97. The van der Waals surface area contributed by atoms with Crippen molar-refractivity contribution < 1.29 is 39.6 Å². The number of hydrogen-bond donors (Lipinski definition) is 1. The molecule has 0 rings (SSSR count). The third-order valence-corrected chi connectivity index (χ3v) is 1.29. The summed E-state index contributed by atoms with van der Waals surface area (Å²) in [6, 6.07) is 0. The third kappa shape index (κ3) is 2.52. The molecule has 0 heterocycles. The zero-order valence-electron chi connectivity index (χ0n) is 6.46. The summed E-state index contributed by atoms with van der Waals surface area (Å²) in [5.74, 6) is -11.9. The van der Waals surface area contributed by atoms with E-state index in [0.29, 0.717) is 0 Å². The molecule has 0 aromatic carbocycles. The molecule has 0 aliphatic rings. The van der Waals surface area contributed by atoms with Crippen molar-refractivity contribution in [2.24, 2.45) is 5.92 Å². The van der Waals surface area contributed by atoms with Crippen molar-refractivity contribution in [1.29, 1.82) is 0 Å². The van der Waals surface area contributed by atoms with Crippen LogP contribution in [0.2, 0.25) is 0 Å². The number of carbonyl (C=O) groups is 4. The number of carbonyl (C=O) groups excluding carboxylic acids is 4. The van der Waals surface area contributed by atoms with Gasteiger partial charge in [0.15, 0.2) is 5.78 Å². The van der Waals surface area contributed by atoms with Crippen molar-refractivity contribution in [3.63, 3.8) is 0 Å². The van der Waals surface area contributed by atoms with E-state index < -0.39 is 35.7 Å². The maximum Gasteiger partial charge on any atom is 0.189 e. The lowest BCUT2D eigenvalue weighted by molar-refractivity contribution is -0.330. The van der Waals surface area contributed by atoms with E-state index >= 15 is 0 Å². The molecule has 0 aromatic heterocycles. The average Bonchev–Trinajstić information content (AvgIpc) is 2.03. The van der Waals surface area contributed by atoms with Crippen LogP contribution in [0, 0.1) is 5.92 Å². The van der Waals surface area contributed by atoms with Gasteiger partial charge in [-0.05, 0) is 0 Å². The van der Waals surface area contributed by atoms with Gasteiger partial charge in [0.2, 0.25) is 0 Å². The molecule has 0 bridgehead atoms. The minimum Gasteiger partial charge on any atom is -0.549 e. The molecule has 0 fully saturated rings. The van der Waals surface area contributed by atoms with Gasteiger partial charge in [0.25, 0.3) is 0 Å². The zero-order chi connectivity index (χ0) is 11.5. The minimum atomic E-state index is -2.79. The molecule has 78 valence electrons. The predicted octanol–water partition coefficient (Wildman–Crippen LogP) is -6.22. The van der Waals surface area contributed by atoms with E-state index in [1.807, 2.05) is 0 Å². The Morgan fingerprint density at radius 2 is 1.36 bits per heavy atom. The van der Waals surface area contributed by atoms with E-state index in [4.69, 9.17) is 5.11 Å². The first-order valence-electron chi connectivity index (χ1n) is 3.14. The predicted molar refractivity (Wildman–Crippen MR) is 29.5 cm³/mol. The summed E-state index contributed by atoms with van der Waals surface area (Å²) in [6.07, 6.45) is -2.79. The fourth-order valence-electron chi connectivity index (χ4n) is 0.642. The van der Waals surface area contributed by atoms with Crippen LogP contribution >= 0.6 is 0 Å². The number of ketones is 1. The molecular formula is C6H3O8-3. The van der Waals surface area contributed by atoms with E-state index in [0.717, 1.165) is 0 Å². The monoisotopic (exact) mass is 203 g/mol. The molecule has 0 aromatic rings. The smallest absolute Gasteiger partial charge is 0.189 e. The summed E-state index contributed by atoms with van der Waals surface area (Å²) in [5, 5.41) is 38.5. The lowest BCUT2D eigenvalue weighted by Crippen LogP contribution is -2.54. The Morgan fingerprint density at radius 1 is 0.929 bits per heavy atom. The molecule has 0 aliphatic heterocycles. The zero-order valence-corrected chi connectivity index (χ0v) is 6.46. The van der Waals surface area contributed by atoms with Gasteiger partial charge in [0.05, 0.1) is 17.9 Å². The van der Waals surface area contributed by atoms with Crippen LogP contribution in [0.3, 0.4) is 0 Å². The second-order valence-electron chi connectivity index (χ2n) is 2.21. The van der Waals surface area contributed by atoms with E-state index in [1.165, 1.54) is 0 Å². The van der Waals surface area contributed by atoms with Crippen LogP contribution in [0.5, 0.6) is 0 Å². The summed E-state index contributed by atoms with van der Waals surface area (Å²) in [7, 11) is 0. The summed E-state index contributed by atoms with van der Waals surface area (Å²) >= 11 is 0. The number of aliphatic hydroxyl groups excluding tert-OH is 1. The molecule has 0 aliphatic carbocycles. The van der Waals surface area contributed by atoms with Crippen LogP contribution in [-0.4, -0.2) is 34.9 Å². The van der Waals surface area contributed by atoms with Crippen molar-refractivity contribution in [2.75, 3.05) is 0 Å². The minimum absolute atomic E-state index is 2.10. The first kappa shape index (κ1) is 12.0. The summed E-state index contributed by atoms with van der Waals surface area (Å²) in [5.41, 5.74) is 0. The number of carboxylic acid groups (broad SMARTS) is 3.